The van der Waals surface area contributed by atoms with Gasteiger partial charge in [0.2, 0.25) is 15.9 Å². The number of amides is 1. The molecule has 220 valence electrons. The van der Waals surface area contributed by atoms with E-state index >= 15 is 0 Å². The van der Waals surface area contributed by atoms with Crippen molar-refractivity contribution >= 4 is 33.1 Å². The van der Waals surface area contributed by atoms with Gasteiger partial charge in [0, 0.05) is 24.7 Å². The lowest BCUT2D eigenvalue weighted by Crippen LogP contribution is -2.47. The lowest BCUT2D eigenvalue weighted by molar-refractivity contribution is -0.133. The molecule has 0 spiro atoms. The van der Waals surface area contributed by atoms with Crippen molar-refractivity contribution in [1.29, 1.82) is 0 Å². The van der Waals surface area contributed by atoms with Gasteiger partial charge in [0.05, 0.1) is 11.4 Å². The standard InChI is InChI=1S/C33H42ClN3O3S/c1-25(26-7-3-2-4-8-26)23-37(24-33(38)36-21-17-28(18-22-36)27-15-19-35-20-16-27)41(39,40)30-13-11-29(12-14-30)31-9-5-6-10-32(31)34/h2-5,7-9,11-14,25,27-28,35H,6,10,15-24H2,1H3/t25-/m0/s1. The number of nitrogens with one attached hydrogen (secondary N) is 1. The summed E-state index contributed by atoms with van der Waals surface area (Å²) >= 11 is 6.45. The molecule has 2 saturated heterocycles. The second kappa shape index (κ2) is 13.7. The molecule has 0 bridgehead atoms. The summed E-state index contributed by atoms with van der Waals surface area (Å²) < 4.78 is 29.4. The number of carbonyl (C=O) groups is 1. The first-order valence-electron chi connectivity index (χ1n) is 15.0. The fraction of sp³-hybridized carbons (Fsp3) is 0.485. The molecule has 8 heteroatoms. The first-order valence-corrected chi connectivity index (χ1v) is 16.8. The highest BCUT2D eigenvalue weighted by Crippen LogP contribution is 2.33. The van der Waals surface area contributed by atoms with Gasteiger partial charge in [-0.25, -0.2) is 8.42 Å². The minimum atomic E-state index is -3.91. The van der Waals surface area contributed by atoms with Gasteiger partial charge in [0.25, 0.3) is 0 Å². The fourth-order valence-corrected chi connectivity index (χ4v) is 8.23. The van der Waals surface area contributed by atoms with Crippen LogP contribution in [0.15, 0.2) is 76.7 Å². The van der Waals surface area contributed by atoms with Gasteiger partial charge in [-0.15, -0.1) is 0 Å². The zero-order valence-electron chi connectivity index (χ0n) is 24.0. The van der Waals surface area contributed by atoms with Gasteiger partial charge >= 0.3 is 0 Å². The molecular weight excluding hydrogens is 554 g/mol. The quantitative estimate of drug-likeness (QED) is 0.385. The maximum atomic E-state index is 14.0. The molecule has 1 N–H and O–H groups in total. The van der Waals surface area contributed by atoms with Crippen LogP contribution in [0.2, 0.25) is 0 Å². The molecule has 0 radical (unpaired) electrons. The Labute approximate surface area is 250 Å². The number of hydrogen-bond acceptors (Lipinski definition) is 4. The van der Waals surface area contributed by atoms with Crippen LogP contribution in [0.3, 0.4) is 0 Å². The van der Waals surface area contributed by atoms with Crippen molar-refractivity contribution in [3.63, 3.8) is 0 Å². The van der Waals surface area contributed by atoms with Gasteiger partial charge in [-0.05, 0) is 98.2 Å². The van der Waals surface area contributed by atoms with E-state index in [0.29, 0.717) is 19.0 Å². The molecule has 5 rings (SSSR count). The molecule has 2 aromatic rings. The monoisotopic (exact) mass is 595 g/mol. The van der Waals surface area contributed by atoms with E-state index in [1.54, 1.807) is 12.1 Å². The van der Waals surface area contributed by atoms with Crippen LogP contribution in [0, 0.1) is 11.8 Å². The Hall–Kier alpha value is -2.45. The van der Waals surface area contributed by atoms with Crippen LogP contribution in [-0.2, 0) is 14.8 Å². The Balaban J connectivity index is 1.32. The lowest BCUT2D eigenvalue weighted by Gasteiger charge is -2.38. The zero-order valence-corrected chi connectivity index (χ0v) is 25.5. The van der Waals surface area contributed by atoms with E-state index in [9.17, 15) is 13.2 Å². The lowest BCUT2D eigenvalue weighted by atomic mass is 9.79. The molecule has 2 aliphatic heterocycles. The van der Waals surface area contributed by atoms with E-state index in [2.05, 4.69) is 11.4 Å². The largest absolute Gasteiger partial charge is 0.342 e. The van der Waals surface area contributed by atoms with E-state index in [4.69, 9.17) is 11.6 Å². The van der Waals surface area contributed by atoms with Crippen molar-refractivity contribution in [2.45, 2.75) is 56.3 Å². The molecule has 41 heavy (non-hydrogen) atoms. The predicted molar refractivity (Wildman–Crippen MR) is 166 cm³/mol. The van der Waals surface area contributed by atoms with Gasteiger partial charge in [0.15, 0.2) is 0 Å². The van der Waals surface area contributed by atoms with E-state index in [1.807, 2.05) is 60.4 Å². The molecule has 0 saturated carbocycles. The van der Waals surface area contributed by atoms with E-state index < -0.39 is 10.0 Å². The number of halogens is 1. The number of nitrogens with zero attached hydrogens (tertiary/aromatic N) is 2. The Bertz CT molecular complexity index is 1340. The first kappa shape index (κ1) is 30.0. The summed E-state index contributed by atoms with van der Waals surface area (Å²) in [6, 6.07) is 16.8. The van der Waals surface area contributed by atoms with Crippen molar-refractivity contribution in [3.8, 4) is 0 Å². The summed E-state index contributed by atoms with van der Waals surface area (Å²) in [5, 5.41) is 4.23. The third-order valence-electron chi connectivity index (χ3n) is 9.01. The van der Waals surface area contributed by atoms with Gasteiger partial charge in [-0.1, -0.05) is 73.1 Å². The van der Waals surface area contributed by atoms with Crippen molar-refractivity contribution in [2.24, 2.45) is 11.8 Å². The maximum absolute atomic E-state index is 14.0. The van der Waals surface area contributed by atoms with Crippen molar-refractivity contribution in [3.05, 3.63) is 82.9 Å². The van der Waals surface area contributed by atoms with Crippen molar-refractivity contribution in [2.75, 3.05) is 39.3 Å². The number of hydrogen-bond donors (Lipinski definition) is 1. The molecule has 2 fully saturated rings. The summed E-state index contributed by atoms with van der Waals surface area (Å²) in [5.74, 6) is 1.20. The molecule has 1 aliphatic carbocycles. The molecule has 0 unspecified atom stereocenters. The average molecular weight is 596 g/mol. The highest BCUT2D eigenvalue weighted by Gasteiger charge is 2.33. The summed E-state index contributed by atoms with van der Waals surface area (Å²) in [6.07, 6.45) is 10.2. The highest BCUT2D eigenvalue weighted by molar-refractivity contribution is 7.89. The number of benzene rings is 2. The van der Waals surface area contributed by atoms with E-state index in [1.165, 1.54) is 17.1 Å². The van der Waals surface area contributed by atoms with Crippen LogP contribution in [0.25, 0.3) is 5.57 Å². The van der Waals surface area contributed by atoms with Gasteiger partial charge < -0.3 is 10.2 Å². The molecule has 3 aliphatic rings. The third kappa shape index (κ3) is 7.31. The topological polar surface area (TPSA) is 69.7 Å². The van der Waals surface area contributed by atoms with Crippen LogP contribution < -0.4 is 5.32 Å². The number of piperidine rings is 2. The maximum Gasteiger partial charge on any atom is 0.243 e. The van der Waals surface area contributed by atoms with Crippen molar-refractivity contribution < 1.29 is 13.2 Å². The summed E-state index contributed by atoms with van der Waals surface area (Å²) in [4.78, 5) is 15.6. The molecule has 1 amide bonds. The fourth-order valence-electron chi connectivity index (χ4n) is 6.47. The van der Waals surface area contributed by atoms with Gasteiger partial charge in [0.1, 0.15) is 0 Å². The van der Waals surface area contributed by atoms with Crippen molar-refractivity contribution in [1.82, 2.24) is 14.5 Å². The average Bonchev–Trinajstić information content (AvgIpc) is 3.02. The number of sulfonamides is 1. The predicted octanol–water partition coefficient (Wildman–Crippen LogP) is 6.02. The molecule has 2 aromatic carbocycles. The van der Waals surface area contributed by atoms with Crippen LogP contribution in [0.1, 0.15) is 62.5 Å². The zero-order chi connectivity index (χ0) is 28.8. The van der Waals surface area contributed by atoms with E-state index in [-0.39, 0.29) is 29.8 Å². The van der Waals surface area contributed by atoms with Crippen LogP contribution in [0.4, 0.5) is 0 Å². The van der Waals surface area contributed by atoms with E-state index in [0.717, 1.165) is 66.4 Å². The number of carbonyl (C=O) groups excluding carboxylic acids is 1. The second-order valence-electron chi connectivity index (χ2n) is 11.7. The minimum absolute atomic E-state index is 0.0694. The second-order valence-corrected chi connectivity index (χ2v) is 14.1. The Morgan fingerprint density at radius 1 is 1.00 bits per heavy atom. The minimum Gasteiger partial charge on any atom is -0.342 e. The van der Waals surface area contributed by atoms with Gasteiger partial charge in [-0.2, -0.15) is 4.31 Å². The summed E-state index contributed by atoms with van der Waals surface area (Å²) in [5.41, 5.74) is 2.87. The van der Waals surface area contributed by atoms with Crippen LogP contribution in [0.5, 0.6) is 0 Å². The molecule has 0 aromatic heterocycles. The Morgan fingerprint density at radius 3 is 2.32 bits per heavy atom. The molecule has 1 atom stereocenters. The molecule has 2 heterocycles. The first-order chi connectivity index (χ1) is 19.8. The van der Waals surface area contributed by atoms with Crippen LogP contribution in [-0.4, -0.2) is 62.8 Å². The summed E-state index contributed by atoms with van der Waals surface area (Å²) in [7, 11) is -3.91. The number of likely N-dealkylation sites (tertiary alicyclic amines) is 1. The Kier molecular flexibility index (Phi) is 10.0. The molecule has 6 nitrogen and oxygen atoms in total. The highest BCUT2D eigenvalue weighted by atomic mass is 35.5. The number of allylic oxidation sites excluding steroid dienone is 4. The Morgan fingerprint density at radius 2 is 1.66 bits per heavy atom. The molecular formula is C33H42ClN3O3S. The smallest absolute Gasteiger partial charge is 0.243 e. The van der Waals surface area contributed by atoms with Gasteiger partial charge in [-0.3, -0.25) is 4.79 Å². The SMILES string of the molecule is C[C@@H](CN(CC(=O)N1CCC(C2CCNCC2)CC1)S(=O)(=O)c1ccc(C2=C(Cl)CCC=C2)cc1)c1ccccc1. The number of rotatable bonds is 9. The third-order valence-corrected chi connectivity index (χ3v) is 11.2. The normalized spacial score (nSPS) is 20.0. The summed E-state index contributed by atoms with van der Waals surface area (Å²) in [6.45, 7) is 5.66. The van der Waals surface area contributed by atoms with Crippen LogP contribution >= 0.6 is 11.6 Å².